The van der Waals surface area contributed by atoms with Crippen molar-refractivity contribution >= 4 is 17.7 Å². The fraction of sp³-hybridized carbons (Fsp3) is 0.250. The van der Waals surface area contributed by atoms with Crippen LogP contribution in [0.15, 0.2) is 17.3 Å². The molecule has 0 saturated heterocycles. The molecule has 0 atom stereocenters. The van der Waals surface area contributed by atoms with Crippen LogP contribution in [0.2, 0.25) is 0 Å². The normalized spacial score (nSPS) is 9.83. The lowest BCUT2D eigenvalue weighted by atomic mass is 10.2. The molecule has 64 valence electrons. The number of pyridine rings is 1. The summed E-state index contributed by atoms with van der Waals surface area (Å²) in [6, 6.07) is 1.77. The van der Waals surface area contributed by atoms with E-state index in [0.717, 1.165) is 10.6 Å². The number of hydrogen-bond acceptors (Lipinski definition) is 3. The molecule has 0 aliphatic carbocycles. The van der Waals surface area contributed by atoms with E-state index in [1.54, 1.807) is 13.0 Å². The minimum absolute atomic E-state index is 0.271. The summed E-state index contributed by atoms with van der Waals surface area (Å²) in [6.07, 6.45) is 3.30. The van der Waals surface area contributed by atoms with E-state index in [0.29, 0.717) is 0 Å². The van der Waals surface area contributed by atoms with Gasteiger partial charge in [-0.15, -0.1) is 11.8 Å². The van der Waals surface area contributed by atoms with Crippen molar-refractivity contribution in [2.24, 2.45) is 0 Å². The Bertz CT molecular complexity index is 312. The number of rotatable bonds is 2. The lowest BCUT2D eigenvalue weighted by molar-refractivity contribution is 0.0695. The Morgan fingerprint density at radius 1 is 1.67 bits per heavy atom. The van der Waals surface area contributed by atoms with Crippen molar-refractivity contribution in [3.05, 3.63) is 23.4 Å². The van der Waals surface area contributed by atoms with Crippen molar-refractivity contribution in [3.63, 3.8) is 0 Å². The highest BCUT2D eigenvalue weighted by Crippen LogP contribution is 2.15. The number of thioether (sulfide) groups is 1. The number of carboxylic acids is 1. The van der Waals surface area contributed by atoms with Gasteiger partial charge >= 0.3 is 5.97 Å². The molecule has 0 radical (unpaired) electrons. The van der Waals surface area contributed by atoms with Gasteiger partial charge in [0, 0.05) is 6.20 Å². The van der Waals surface area contributed by atoms with E-state index in [-0.39, 0.29) is 5.56 Å². The Morgan fingerprint density at radius 2 is 2.33 bits per heavy atom. The Labute approximate surface area is 74.8 Å². The lowest BCUT2D eigenvalue weighted by Gasteiger charge is -2.00. The zero-order valence-electron chi connectivity index (χ0n) is 6.87. The van der Waals surface area contributed by atoms with E-state index in [2.05, 4.69) is 4.98 Å². The van der Waals surface area contributed by atoms with Crippen molar-refractivity contribution in [2.45, 2.75) is 11.9 Å². The molecule has 0 fully saturated rings. The summed E-state index contributed by atoms with van der Waals surface area (Å²) >= 11 is 1.50. The second kappa shape index (κ2) is 3.58. The van der Waals surface area contributed by atoms with Crippen LogP contribution < -0.4 is 0 Å². The van der Waals surface area contributed by atoms with Gasteiger partial charge in [-0.1, -0.05) is 0 Å². The maximum atomic E-state index is 10.6. The first-order chi connectivity index (χ1) is 5.65. The summed E-state index contributed by atoms with van der Waals surface area (Å²) in [5.41, 5.74) is 1.02. The van der Waals surface area contributed by atoms with Crippen LogP contribution in [0.4, 0.5) is 0 Å². The fourth-order valence-corrected chi connectivity index (χ4v) is 1.32. The van der Waals surface area contributed by atoms with Crippen molar-refractivity contribution in [2.75, 3.05) is 6.26 Å². The highest BCUT2D eigenvalue weighted by atomic mass is 32.2. The van der Waals surface area contributed by atoms with Crippen LogP contribution in [0.5, 0.6) is 0 Å². The number of carboxylic acid groups (broad SMARTS) is 1. The molecule has 1 N–H and O–H groups in total. The maximum absolute atomic E-state index is 10.6. The third kappa shape index (κ3) is 1.76. The van der Waals surface area contributed by atoms with Gasteiger partial charge in [-0.3, -0.25) is 0 Å². The van der Waals surface area contributed by atoms with Crippen LogP contribution in [0, 0.1) is 6.92 Å². The van der Waals surface area contributed by atoms with Gasteiger partial charge in [-0.2, -0.15) is 0 Å². The average Bonchev–Trinajstić information content (AvgIpc) is 2.03. The summed E-state index contributed by atoms with van der Waals surface area (Å²) < 4.78 is 0. The average molecular weight is 183 g/mol. The van der Waals surface area contributed by atoms with Crippen LogP contribution in [0.3, 0.4) is 0 Å². The van der Waals surface area contributed by atoms with Crippen LogP contribution in [-0.4, -0.2) is 22.3 Å². The molecule has 0 aliphatic rings. The van der Waals surface area contributed by atoms with Crippen LogP contribution in [0.1, 0.15) is 15.9 Å². The molecule has 1 aromatic rings. The molecule has 0 unspecified atom stereocenters. The molecule has 0 bridgehead atoms. The van der Waals surface area contributed by atoms with Crippen LogP contribution in [-0.2, 0) is 0 Å². The van der Waals surface area contributed by atoms with Crippen molar-refractivity contribution in [1.82, 2.24) is 4.98 Å². The highest BCUT2D eigenvalue weighted by Gasteiger charge is 2.07. The zero-order chi connectivity index (χ0) is 9.14. The van der Waals surface area contributed by atoms with Gasteiger partial charge in [0.05, 0.1) is 10.6 Å². The number of aromatic nitrogens is 1. The summed E-state index contributed by atoms with van der Waals surface area (Å²) in [7, 11) is 0. The van der Waals surface area contributed by atoms with Crippen molar-refractivity contribution in [1.29, 1.82) is 0 Å². The predicted molar refractivity (Wildman–Crippen MR) is 47.7 cm³/mol. The number of aryl methyl sites for hydroxylation is 1. The minimum Gasteiger partial charge on any atom is -0.478 e. The van der Waals surface area contributed by atoms with Gasteiger partial charge in [0.2, 0.25) is 0 Å². The molecule has 0 saturated carbocycles. The van der Waals surface area contributed by atoms with Gasteiger partial charge in [0.25, 0.3) is 0 Å². The van der Waals surface area contributed by atoms with E-state index in [1.165, 1.54) is 18.0 Å². The predicted octanol–water partition coefficient (Wildman–Crippen LogP) is 1.81. The second-order valence-electron chi connectivity index (χ2n) is 2.35. The van der Waals surface area contributed by atoms with E-state index in [9.17, 15) is 4.79 Å². The molecule has 0 aromatic carbocycles. The summed E-state index contributed by atoms with van der Waals surface area (Å²) in [5, 5.41) is 9.53. The van der Waals surface area contributed by atoms with Gasteiger partial charge in [-0.25, -0.2) is 9.78 Å². The molecular formula is C8H9NO2S. The third-order valence-electron chi connectivity index (χ3n) is 1.53. The van der Waals surface area contributed by atoms with E-state index in [4.69, 9.17) is 5.11 Å². The van der Waals surface area contributed by atoms with Gasteiger partial charge in [0.1, 0.15) is 0 Å². The first kappa shape index (κ1) is 9.06. The Morgan fingerprint density at radius 3 is 2.75 bits per heavy atom. The zero-order valence-corrected chi connectivity index (χ0v) is 7.68. The molecule has 0 amide bonds. The summed E-state index contributed by atoms with van der Waals surface area (Å²) in [4.78, 5) is 14.5. The second-order valence-corrected chi connectivity index (χ2v) is 3.17. The molecule has 3 nitrogen and oxygen atoms in total. The summed E-state index contributed by atoms with van der Waals surface area (Å²) in [5.74, 6) is -0.923. The van der Waals surface area contributed by atoms with Gasteiger partial charge in [-0.05, 0) is 24.8 Å². The standard InChI is InChI=1S/C8H9NO2S/c1-5-3-7(12-2)9-4-6(5)8(10)11/h3-4H,1-2H3,(H,10,11). The first-order valence-electron chi connectivity index (χ1n) is 3.39. The van der Waals surface area contributed by atoms with Crippen molar-refractivity contribution < 1.29 is 9.90 Å². The summed E-state index contributed by atoms with van der Waals surface area (Å²) in [6.45, 7) is 1.77. The quantitative estimate of drug-likeness (QED) is 0.710. The number of hydrogen-bond donors (Lipinski definition) is 1. The lowest BCUT2D eigenvalue weighted by Crippen LogP contribution is -2.00. The Kier molecular flexibility index (Phi) is 2.70. The monoisotopic (exact) mass is 183 g/mol. The minimum atomic E-state index is -0.923. The van der Waals surface area contributed by atoms with Crippen LogP contribution in [0.25, 0.3) is 0 Å². The Hall–Kier alpha value is -1.03. The fourth-order valence-electron chi connectivity index (χ4n) is 0.866. The third-order valence-corrected chi connectivity index (χ3v) is 2.17. The topological polar surface area (TPSA) is 50.2 Å². The van der Waals surface area contributed by atoms with E-state index < -0.39 is 5.97 Å². The SMILES string of the molecule is CSc1cc(C)c(C(=O)O)cn1. The maximum Gasteiger partial charge on any atom is 0.337 e. The highest BCUT2D eigenvalue weighted by molar-refractivity contribution is 7.98. The smallest absolute Gasteiger partial charge is 0.337 e. The largest absolute Gasteiger partial charge is 0.478 e. The van der Waals surface area contributed by atoms with Gasteiger partial charge < -0.3 is 5.11 Å². The molecule has 1 aromatic heterocycles. The molecule has 12 heavy (non-hydrogen) atoms. The van der Waals surface area contributed by atoms with Crippen LogP contribution >= 0.6 is 11.8 Å². The molecule has 4 heteroatoms. The number of aromatic carboxylic acids is 1. The number of nitrogens with zero attached hydrogens (tertiary/aromatic N) is 1. The Balaban J connectivity index is 3.12. The molecule has 0 aliphatic heterocycles. The van der Waals surface area contributed by atoms with E-state index >= 15 is 0 Å². The molecular weight excluding hydrogens is 174 g/mol. The molecule has 1 heterocycles. The first-order valence-corrected chi connectivity index (χ1v) is 4.61. The van der Waals surface area contributed by atoms with Crippen molar-refractivity contribution in [3.8, 4) is 0 Å². The molecule has 1 rings (SSSR count). The van der Waals surface area contributed by atoms with E-state index in [1.807, 2.05) is 6.26 Å². The number of carbonyl (C=O) groups is 1. The molecule has 0 spiro atoms. The van der Waals surface area contributed by atoms with Gasteiger partial charge in [0.15, 0.2) is 0 Å².